The largest absolute Gasteiger partial charge is 0.497 e. The lowest BCUT2D eigenvalue weighted by Gasteiger charge is -2.29. The van der Waals surface area contributed by atoms with Crippen LogP contribution in [0.25, 0.3) is 22.5 Å². The van der Waals surface area contributed by atoms with Crippen molar-refractivity contribution in [3.8, 4) is 34.0 Å². The van der Waals surface area contributed by atoms with Crippen molar-refractivity contribution in [2.24, 2.45) is 4.99 Å². The smallest absolute Gasteiger partial charge is 0.430 e. The van der Waals surface area contributed by atoms with Gasteiger partial charge in [0, 0.05) is 11.1 Å². The number of hydrogen-bond acceptors (Lipinski definition) is 4. The molecule has 0 radical (unpaired) electrons. The second kappa shape index (κ2) is 7.53. The van der Waals surface area contributed by atoms with Crippen LogP contribution in [0, 0.1) is 0 Å². The van der Waals surface area contributed by atoms with Crippen LogP contribution in [-0.4, -0.2) is 42.0 Å². The Morgan fingerprint density at radius 3 is 1.64 bits per heavy atom. The van der Waals surface area contributed by atoms with Crippen LogP contribution in [0.3, 0.4) is 0 Å². The molecule has 0 spiro atoms. The van der Waals surface area contributed by atoms with Gasteiger partial charge < -0.3 is 9.47 Å². The van der Waals surface area contributed by atoms with Gasteiger partial charge in [0.05, 0.1) is 25.6 Å². The summed E-state index contributed by atoms with van der Waals surface area (Å²) in [6.07, 6.45) is -11.5. The van der Waals surface area contributed by atoms with Crippen molar-refractivity contribution >= 4 is 5.84 Å². The molecule has 0 aliphatic carbocycles. The normalized spacial score (nSPS) is 15.2. The first-order valence-corrected chi connectivity index (χ1v) is 9.57. The molecule has 174 valence electrons. The molecule has 0 amide bonds. The van der Waals surface area contributed by atoms with E-state index < -0.39 is 29.6 Å². The summed E-state index contributed by atoms with van der Waals surface area (Å²) in [6, 6.07) is 12.3. The highest BCUT2D eigenvalue weighted by atomic mass is 19.4. The molecular formula is C22H17F6N3O2. The molecule has 0 saturated carbocycles. The van der Waals surface area contributed by atoms with E-state index in [0.717, 1.165) is 11.5 Å². The summed E-state index contributed by atoms with van der Waals surface area (Å²) in [5.74, 6) is -0.792. The minimum Gasteiger partial charge on any atom is -0.497 e. The predicted molar refractivity (Wildman–Crippen MR) is 108 cm³/mol. The third kappa shape index (κ3) is 3.33. The molecule has 0 unspecified atom stereocenters. The Kier molecular flexibility index (Phi) is 5.18. The van der Waals surface area contributed by atoms with Gasteiger partial charge >= 0.3 is 17.9 Å². The highest BCUT2D eigenvalue weighted by molar-refractivity contribution is 5.94. The Bertz CT molecular complexity index is 1200. The lowest BCUT2D eigenvalue weighted by Crippen LogP contribution is -2.52. The Morgan fingerprint density at radius 2 is 1.21 bits per heavy atom. The molecule has 1 aliphatic rings. The van der Waals surface area contributed by atoms with Gasteiger partial charge in [-0.3, -0.25) is 4.57 Å². The van der Waals surface area contributed by atoms with Crippen molar-refractivity contribution in [3.63, 3.8) is 0 Å². The Balaban J connectivity index is 2.06. The summed E-state index contributed by atoms with van der Waals surface area (Å²) in [7, 11) is 2.87. The van der Waals surface area contributed by atoms with Crippen LogP contribution in [0.5, 0.6) is 11.5 Å². The van der Waals surface area contributed by atoms with Gasteiger partial charge in [0.15, 0.2) is 5.82 Å². The molecule has 0 bridgehead atoms. The van der Waals surface area contributed by atoms with Crippen molar-refractivity contribution in [1.29, 1.82) is 0 Å². The molecule has 33 heavy (non-hydrogen) atoms. The van der Waals surface area contributed by atoms with Crippen LogP contribution >= 0.6 is 0 Å². The highest BCUT2D eigenvalue weighted by Crippen LogP contribution is 2.56. The summed E-state index contributed by atoms with van der Waals surface area (Å²) >= 11 is 0. The van der Waals surface area contributed by atoms with Gasteiger partial charge in [-0.1, -0.05) is 0 Å². The first-order valence-electron chi connectivity index (χ1n) is 9.57. The van der Waals surface area contributed by atoms with Gasteiger partial charge in [0.2, 0.25) is 0 Å². The third-order valence-corrected chi connectivity index (χ3v) is 5.40. The molecule has 1 aliphatic heterocycles. The molecule has 0 fully saturated rings. The number of benzene rings is 2. The quantitative estimate of drug-likeness (QED) is 0.452. The zero-order valence-corrected chi connectivity index (χ0v) is 17.5. The maximum atomic E-state index is 14.0. The maximum absolute atomic E-state index is 14.0. The fourth-order valence-corrected chi connectivity index (χ4v) is 3.83. The number of hydrogen-bond donors (Lipinski definition) is 0. The van der Waals surface area contributed by atoms with E-state index in [0.29, 0.717) is 22.6 Å². The van der Waals surface area contributed by atoms with E-state index in [1.807, 2.05) is 0 Å². The fourth-order valence-electron chi connectivity index (χ4n) is 3.83. The monoisotopic (exact) mass is 469 g/mol. The number of imidazole rings is 1. The number of ether oxygens (including phenoxy) is 2. The van der Waals surface area contributed by atoms with Crippen LogP contribution < -0.4 is 9.47 Å². The predicted octanol–water partition coefficient (Wildman–Crippen LogP) is 5.83. The molecule has 4 rings (SSSR count). The number of nitrogens with zero attached hydrogens (tertiary/aromatic N) is 3. The molecule has 2 heterocycles. The SMILES string of the molecule is COc1ccc(-c2nc3n(c2-c2ccc(OC)cc2)C(C)=NC3(C(F)(F)F)C(F)(F)F)cc1. The second-order valence-corrected chi connectivity index (χ2v) is 7.29. The standard InChI is InChI=1S/C22H17F6N3O2/c1-12-30-20(21(23,24)25,22(26,27)28)19-29-17(13-4-8-15(32-2)9-5-13)18(31(12)19)14-6-10-16(33-3)11-7-14/h4-11H,1-3H3. The van der Waals surface area contributed by atoms with E-state index in [-0.39, 0.29) is 11.4 Å². The van der Waals surface area contributed by atoms with E-state index in [2.05, 4.69) is 9.98 Å². The van der Waals surface area contributed by atoms with Gasteiger partial charge in [0.25, 0.3) is 0 Å². The number of halogens is 6. The summed E-state index contributed by atoms with van der Waals surface area (Å²) in [6.45, 7) is 1.09. The summed E-state index contributed by atoms with van der Waals surface area (Å²) in [5.41, 5.74) is -3.82. The lowest BCUT2D eigenvalue weighted by atomic mass is 9.98. The minimum absolute atomic E-state index is 0.0504. The van der Waals surface area contributed by atoms with Crippen LogP contribution in [0.15, 0.2) is 53.5 Å². The molecule has 2 aromatic carbocycles. The molecule has 3 aromatic rings. The Labute approximate surface area is 184 Å². The summed E-state index contributed by atoms with van der Waals surface area (Å²) in [4.78, 5) is 7.00. The molecule has 11 heteroatoms. The van der Waals surface area contributed by atoms with Crippen LogP contribution in [0.1, 0.15) is 12.7 Å². The zero-order valence-electron chi connectivity index (χ0n) is 17.5. The van der Waals surface area contributed by atoms with Gasteiger partial charge in [-0.2, -0.15) is 26.3 Å². The second-order valence-electron chi connectivity index (χ2n) is 7.29. The Hall–Kier alpha value is -3.50. The van der Waals surface area contributed by atoms with Crippen LogP contribution in [-0.2, 0) is 5.54 Å². The van der Waals surface area contributed by atoms with Crippen molar-refractivity contribution in [1.82, 2.24) is 9.55 Å². The maximum Gasteiger partial charge on any atom is 0.430 e. The van der Waals surface area contributed by atoms with Crippen molar-refractivity contribution < 1.29 is 35.8 Å². The third-order valence-electron chi connectivity index (χ3n) is 5.40. The molecule has 0 atom stereocenters. The van der Waals surface area contributed by atoms with E-state index >= 15 is 0 Å². The molecular weight excluding hydrogens is 452 g/mol. The van der Waals surface area contributed by atoms with Gasteiger partial charge in [-0.05, 0) is 55.5 Å². The number of methoxy groups -OCH3 is 2. The number of rotatable bonds is 4. The van der Waals surface area contributed by atoms with Gasteiger partial charge in [-0.25, -0.2) is 9.98 Å². The zero-order chi connectivity index (χ0) is 24.2. The molecule has 0 N–H and O–H groups in total. The van der Waals surface area contributed by atoms with Crippen LogP contribution in [0.2, 0.25) is 0 Å². The van der Waals surface area contributed by atoms with Crippen molar-refractivity contribution in [2.75, 3.05) is 14.2 Å². The topological polar surface area (TPSA) is 48.6 Å². The van der Waals surface area contributed by atoms with E-state index in [4.69, 9.17) is 9.47 Å². The molecule has 5 nitrogen and oxygen atoms in total. The highest BCUT2D eigenvalue weighted by Gasteiger charge is 2.76. The average molecular weight is 469 g/mol. The number of aromatic nitrogens is 2. The van der Waals surface area contributed by atoms with Crippen LogP contribution in [0.4, 0.5) is 26.3 Å². The van der Waals surface area contributed by atoms with Crippen molar-refractivity contribution in [3.05, 3.63) is 54.4 Å². The average Bonchev–Trinajstić information content (AvgIpc) is 3.29. The molecule has 0 saturated heterocycles. The Morgan fingerprint density at radius 1 is 0.758 bits per heavy atom. The fraction of sp³-hybridized carbons (Fsp3) is 0.273. The number of fused-ring (bicyclic) bond motifs is 1. The first-order chi connectivity index (χ1) is 15.4. The lowest BCUT2D eigenvalue weighted by molar-refractivity contribution is -0.301. The van der Waals surface area contributed by atoms with E-state index in [1.54, 1.807) is 24.3 Å². The number of alkyl halides is 6. The molecule has 1 aromatic heterocycles. The van der Waals surface area contributed by atoms with Gasteiger partial charge in [0.1, 0.15) is 17.3 Å². The van der Waals surface area contributed by atoms with E-state index in [9.17, 15) is 26.3 Å². The first kappa shape index (κ1) is 22.7. The summed E-state index contributed by atoms with van der Waals surface area (Å²) in [5, 5.41) is 0. The van der Waals surface area contributed by atoms with E-state index in [1.165, 1.54) is 38.5 Å². The van der Waals surface area contributed by atoms with Gasteiger partial charge in [-0.15, -0.1) is 0 Å². The summed E-state index contributed by atoms with van der Waals surface area (Å²) < 4.78 is 95.0. The minimum atomic E-state index is -5.76. The number of aliphatic imine (C=N–C) groups is 1. The van der Waals surface area contributed by atoms with Crippen molar-refractivity contribution in [2.45, 2.75) is 24.8 Å².